The quantitative estimate of drug-likeness (QED) is 0.806. The first-order valence-electron chi connectivity index (χ1n) is 6.42. The third kappa shape index (κ3) is 2.84. The normalized spacial score (nSPS) is 10.2. The Morgan fingerprint density at radius 3 is 2.55 bits per heavy atom. The van der Waals surface area contributed by atoms with Crippen molar-refractivity contribution >= 4 is 29.4 Å². The number of carboxylic acids is 1. The summed E-state index contributed by atoms with van der Waals surface area (Å²) in [5.74, 6) is -1.23. The number of carbonyl (C=O) groups is 1. The van der Waals surface area contributed by atoms with Crippen molar-refractivity contribution in [2.75, 3.05) is 0 Å². The van der Waals surface area contributed by atoms with E-state index in [9.17, 15) is 14.7 Å². The lowest BCUT2D eigenvalue weighted by atomic mass is 10.1. The summed E-state index contributed by atoms with van der Waals surface area (Å²) >= 11 is 0. The van der Waals surface area contributed by atoms with Crippen LogP contribution in [-0.4, -0.2) is 20.6 Å². The van der Waals surface area contributed by atoms with Crippen LogP contribution in [0.5, 0.6) is 0 Å². The molecule has 0 saturated carbocycles. The molecule has 0 amide bonds. The zero-order valence-corrected chi connectivity index (χ0v) is 12.3. The molecule has 0 aliphatic heterocycles. The second kappa shape index (κ2) is 6.41. The van der Waals surface area contributed by atoms with Gasteiger partial charge in [0.25, 0.3) is 5.56 Å². The molecule has 0 fully saturated rings. The van der Waals surface area contributed by atoms with E-state index in [1.165, 1.54) is 10.6 Å². The topological polar surface area (TPSA) is 72.2 Å². The number of pyridine rings is 2. The molecule has 3 rings (SSSR count). The monoisotopic (exact) mass is 316 g/mol. The molecule has 0 aliphatic carbocycles. The zero-order chi connectivity index (χ0) is 14.8. The van der Waals surface area contributed by atoms with Crippen LogP contribution in [0.1, 0.15) is 15.9 Å². The number of benzene rings is 1. The van der Waals surface area contributed by atoms with Crippen LogP contribution in [0.4, 0.5) is 0 Å². The van der Waals surface area contributed by atoms with E-state index < -0.39 is 11.5 Å². The van der Waals surface area contributed by atoms with Crippen molar-refractivity contribution in [1.82, 2.24) is 9.55 Å². The molecule has 0 atom stereocenters. The van der Waals surface area contributed by atoms with Gasteiger partial charge in [0, 0.05) is 11.6 Å². The van der Waals surface area contributed by atoms with Gasteiger partial charge in [-0.25, -0.2) is 9.78 Å². The minimum atomic E-state index is -1.23. The smallest absolute Gasteiger partial charge is 0.341 e. The predicted molar refractivity (Wildman–Crippen MR) is 85.8 cm³/mol. The molecule has 2 aromatic heterocycles. The maximum Gasteiger partial charge on any atom is 0.341 e. The summed E-state index contributed by atoms with van der Waals surface area (Å²) in [6.07, 6.45) is 1.59. The first-order valence-corrected chi connectivity index (χ1v) is 6.42. The first kappa shape index (κ1) is 15.7. The van der Waals surface area contributed by atoms with Gasteiger partial charge in [-0.2, -0.15) is 0 Å². The fourth-order valence-corrected chi connectivity index (χ4v) is 2.27. The minimum Gasteiger partial charge on any atom is -0.477 e. The summed E-state index contributed by atoms with van der Waals surface area (Å²) < 4.78 is 1.40. The molecule has 0 spiro atoms. The second-order valence-electron chi connectivity index (χ2n) is 4.66. The van der Waals surface area contributed by atoms with Gasteiger partial charge in [-0.15, -0.1) is 12.4 Å². The van der Waals surface area contributed by atoms with Gasteiger partial charge in [-0.1, -0.05) is 30.3 Å². The first-order chi connectivity index (χ1) is 10.2. The molecule has 1 aromatic carbocycles. The Labute approximate surface area is 132 Å². The van der Waals surface area contributed by atoms with Crippen molar-refractivity contribution in [3.8, 4) is 0 Å². The molecular formula is C16H13ClN2O3. The van der Waals surface area contributed by atoms with Crippen molar-refractivity contribution in [2.24, 2.45) is 0 Å². The fraction of sp³-hybridized carbons (Fsp3) is 0.0625. The largest absolute Gasteiger partial charge is 0.477 e. The minimum absolute atomic E-state index is 0. The van der Waals surface area contributed by atoms with E-state index in [2.05, 4.69) is 4.98 Å². The van der Waals surface area contributed by atoms with Crippen LogP contribution < -0.4 is 5.56 Å². The number of carboxylic acid groups (broad SMARTS) is 1. The maximum atomic E-state index is 12.4. The summed E-state index contributed by atoms with van der Waals surface area (Å²) in [5, 5.41) is 9.81. The van der Waals surface area contributed by atoms with Crippen LogP contribution in [0.2, 0.25) is 0 Å². The molecule has 6 heteroatoms. The predicted octanol–water partition coefficient (Wildman–Crippen LogP) is 2.56. The van der Waals surface area contributed by atoms with Gasteiger partial charge in [-0.05, 0) is 23.8 Å². The SMILES string of the molecule is Cl.O=C(O)c1cc2cccnc2n(Cc2ccccc2)c1=O. The summed E-state index contributed by atoms with van der Waals surface area (Å²) in [4.78, 5) is 27.8. The van der Waals surface area contributed by atoms with Crippen molar-refractivity contribution in [2.45, 2.75) is 6.54 Å². The third-order valence-electron chi connectivity index (χ3n) is 3.26. The average molecular weight is 317 g/mol. The zero-order valence-electron chi connectivity index (χ0n) is 11.5. The summed E-state index contributed by atoms with van der Waals surface area (Å²) in [5.41, 5.74) is 0.606. The molecule has 0 unspecified atom stereocenters. The number of fused-ring (bicyclic) bond motifs is 1. The van der Waals surface area contributed by atoms with Gasteiger partial charge < -0.3 is 5.11 Å². The number of aromatic carboxylic acids is 1. The van der Waals surface area contributed by atoms with Gasteiger partial charge in [0.2, 0.25) is 0 Å². The molecule has 0 bridgehead atoms. The van der Waals surface area contributed by atoms with Gasteiger partial charge in [0.15, 0.2) is 0 Å². The van der Waals surface area contributed by atoms with E-state index >= 15 is 0 Å². The Hall–Kier alpha value is -2.66. The molecule has 1 N–H and O–H groups in total. The third-order valence-corrected chi connectivity index (χ3v) is 3.26. The van der Waals surface area contributed by atoms with Crippen LogP contribution in [0.3, 0.4) is 0 Å². The van der Waals surface area contributed by atoms with Crippen molar-refractivity contribution in [1.29, 1.82) is 0 Å². The number of halogens is 1. The van der Waals surface area contributed by atoms with Crippen molar-refractivity contribution in [3.63, 3.8) is 0 Å². The molecule has 0 radical (unpaired) electrons. The Morgan fingerprint density at radius 1 is 1.14 bits per heavy atom. The number of nitrogens with zero attached hydrogens (tertiary/aromatic N) is 2. The highest BCUT2D eigenvalue weighted by Gasteiger charge is 2.15. The number of aromatic nitrogens is 2. The molecule has 3 aromatic rings. The van der Waals surface area contributed by atoms with Gasteiger partial charge in [-0.3, -0.25) is 9.36 Å². The van der Waals surface area contributed by atoms with E-state index in [1.807, 2.05) is 30.3 Å². The highest BCUT2D eigenvalue weighted by molar-refractivity contribution is 5.91. The number of rotatable bonds is 3. The fourth-order valence-electron chi connectivity index (χ4n) is 2.27. The number of hydrogen-bond acceptors (Lipinski definition) is 3. The van der Waals surface area contributed by atoms with Crippen LogP contribution in [0.15, 0.2) is 59.5 Å². The van der Waals surface area contributed by atoms with Gasteiger partial charge in [0.1, 0.15) is 11.2 Å². The summed E-state index contributed by atoms with van der Waals surface area (Å²) in [6.45, 7) is 0.286. The molecule has 22 heavy (non-hydrogen) atoms. The molecule has 0 saturated heterocycles. The van der Waals surface area contributed by atoms with Crippen molar-refractivity contribution < 1.29 is 9.90 Å². The van der Waals surface area contributed by atoms with Crippen LogP contribution in [0.25, 0.3) is 11.0 Å². The van der Waals surface area contributed by atoms with E-state index in [0.717, 1.165) is 5.56 Å². The highest BCUT2D eigenvalue weighted by atomic mass is 35.5. The Bertz CT molecular complexity index is 875. The maximum absolute atomic E-state index is 12.4. The lowest BCUT2D eigenvalue weighted by Crippen LogP contribution is -2.27. The molecule has 0 aliphatic rings. The Balaban J connectivity index is 0.00000176. The van der Waals surface area contributed by atoms with Crippen LogP contribution >= 0.6 is 12.4 Å². The van der Waals surface area contributed by atoms with E-state index in [1.54, 1.807) is 18.3 Å². The second-order valence-corrected chi connectivity index (χ2v) is 4.66. The lowest BCUT2D eigenvalue weighted by molar-refractivity contribution is 0.0694. The molecule has 112 valence electrons. The van der Waals surface area contributed by atoms with E-state index in [4.69, 9.17) is 0 Å². The lowest BCUT2D eigenvalue weighted by Gasteiger charge is -2.10. The van der Waals surface area contributed by atoms with Crippen LogP contribution in [0, 0.1) is 0 Å². The van der Waals surface area contributed by atoms with Gasteiger partial charge in [0.05, 0.1) is 6.54 Å². The molecular weight excluding hydrogens is 304 g/mol. The van der Waals surface area contributed by atoms with E-state index in [0.29, 0.717) is 11.0 Å². The summed E-state index contributed by atoms with van der Waals surface area (Å²) in [6, 6.07) is 14.2. The Kier molecular flexibility index (Phi) is 4.58. The molecule has 5 nitrogen and oxygen atoms in total. The van der Waals surface area contributed by atoms with Gasteiger partial charge >= 0.3 is 5.97 Å². The van der Waals surface area contributed by atoms with E-state index in [-0.39, 0.29) is 24.5 Å². The molecule has 2 heterocycles. The van der Waals surface area contributed by atoms with Crippen molar-refractivity contribution in [3.05, 3.63) is 76.2 Å². The Morgan fingerprint density at radius 2 is 1.86 bits per heavy atom. The number of hydrogen-bond donors (Lipinski definition) is 1. The standard InChI is InChI=1S/C16H12N2O3.ClH/c19-15-13(16(20)21)9-12-7-4-8-17-14(12)18(15)10-11-5-2-1-3-6-11;/h1-9H,10H2,(H,20,21);1H. The average Bonchev–Trinajstić information content (AvgIpc) is 2.50. The summed E-state index contributed by atoms with van der Waals surface area (Å²) in [7, 11) is 0. The highest BCUT2D eigenvalue weighted by Crippen LogP contribution is 2.12. The van der Waals surface area contributed by atoms with Crippen LogP contribution in [-0.2, 0) is 6.54 Å².